The zero-order valence-corrected chi connectivity index (χ0v) is 9.70. The van der Waals surface area contributed by atoms with E-state index in [4.69, 9.17) is 16.7 Å². The second-order valence-corrected chi connectivity index (χ2v) is 5.70. The van der Waals surface area contributed by atoms with Gasteiger partial charge >= 0.3 is 5.97 Å². The zero-order chi connectivity index (χ0) is 12.3. The summed E-state index contributed by atoms with van der Waals surface area (Å²) in [6.07, 6.45) is 1.55. The molecular weight excluding hydrogens is 252 g/mol. The Kier molecular flexibility index (Phi) is 3.72. The van der Waals surface area contributed by atoms with E-state index in [2.05, 4.69) is 6.58 Å². The fraction of sp³-hybridized carbons (Fsp3) is 0.100. The number of aliphatic carboxylic acids is 1. The largest absolute Gasteiger partial charge is 0.479 e. The molecule has 0 aromatic heterocycles. The van der Waals surface area contributed by atoms with Gasteiger partial charge in [-0.05, 0) is 17.7 Å². The fourth-order valence-corrected chi connectivity index (χ4v) is 2.37. The van der Waals surface area contributed by atoms with Gasteiger partial charge in [-0.2, -0.15) is 0 Å². The lowest BCUT2D eigenvalue weighted by Gasteiger charge is -2.06. The van der Waals surface area contributed by atoms with E-state index in [1.165, 1.54) is 24.3 Å². The molecule has 6 heteroatoms. The van der Waals surface area contributed by atoms with Crippen molar-refractivity contribution >= 4 is 33.5 Å². The van der Waals surface area contributed by atoms with Gasteiger partial charge in [-0.25, -0.2) is 13.2 Å². The van der Waals surface area contributed by atoms with Crippen LogP contribution in [0.15, 0.2) is 35.7 Å². The fourth-order valence-electron chi connectivity index (χ4n) is 1.05. The maximum atomic E-state index is 11.6. The number of halogens is 1. The van der Waals surface area contributed by atoms with Crippen LogP contribution in [0.3, 0.4) is 0 Å². The number of carboxylic acids is 1. The predicted octanol–water partition coefficient (Wildman–Crippen LogP) is 1.75. The number of hydrogen-bond acceptors (Lipinski definition) is 3. The van der Waals surface area contributed by atoms with Gasteiger partial charge in [0, 0.05) is 0 Å². The van der Waals surface area contributed by atoms with E-state index < -0.39 is 20.5 Å². The van der Waals surface area contributed by atoms with Crippen molar-refractivity contribution < 1.29 is 18.3 Å². The van der Waals surface area contributed by atoms with Crippen LogP contribution in [0.4, 0.5) is 0 Å². The molecule has 0 fully saturated rings. The number of carbonyl (C=O) groups is 1. The van der Waals surface area contributed by atoms with E-state index in [-0.39, 0.29) is 4.90 Å². The Hall–Kier alpha value is -1.33. The third kappa shape index (κ3) is 2.43. The minimum Gasteiger partial charge on any atom is -0.479 e. The second-order valence-electron chi connectivity index (χ2n) is 2.97. The number of benzene rings is 1. The van der Waals surface area contributed by atoms with Crippen molar-refractivity contribution in [2.75, 3.05) is 0 Å². The first-order chi connectivity index (χ1) is 7.39. The highest BCUT2D eigenvalue weighted by Crippen LogP contribution is 2.19. The smallest absolute Gasteiger partial charge is 0.337 e. The number of hydrogen-bond donors (Lipinski definition) is 1. The molecule has 86 valence electrons. The molecule has 0 spiro atoms. The number of alkyl halides is 1. The Labute approximate surface area is 98.1 Å². The summed E-state index contributed by atoms with van der Waals surface area (Å²) in [7, 11) is -4.03. The van der Waals surface area contributed by atoms with Gasteiger partial charge in [0.2, 0.25) is 14.5 Å². The maximum Gasteiger partial charge on any atom is 0.337 e. The van der Waals surface area contributed by atoms with Gasteiger partial charge in [-0.1, -0.05) is 36.4 Å². The normalized spacial score (nSPS) is 13.1. The lowest BCUT2D eigenvalue weighted by molar-refractivity contribution is -0.134. The molecule has 0 aliphatic rings. The topological polar surface area (TPSA) is 71.4 Å². The molecule has 4 nitrogen and oxygen atoms in total. The highest BCUT2D eigenvalue weighted by Gasteiger charge is 2.31. The molecule has 16 heavy (non-hydrogen) atoms. The Morgan fingerprint density at radius 3 is 2.25 bits per heavy atom. The van der Waals surface area contributed by atoms with Crippen LogP contribution < -0.4 is 0 Å². The van der Waals surface area contributed by atoms with Crippen LogP contribution in [0.25, 0.3) is 6.08 Å². The summed E-state index contributed by atoms with van der Waals surface area (Å²) in [4.78, 5) is 10.4. The second kappa shape index (κ2) is 4.67. The van der Waals surface area contributed by atoms with Gasteiger partial charge < -0.3 is 5.11 Å². The number of sulfone groups is 1. The lowest BCUT2D eigenvalue weighted by atomic mass is 10.2. The van der Waals surface area contributed by atoms with Crippen LogP contribution in [0.1, 0.15) is 5.56 Å². The molecule has 1 unspecified atom stereocenters. The van der Waals surface area contributed by atoms with Gasteiger partial charge in [0.05, 0.1) is 4.90 Å². The average Bonchev–Trinajstić information content (AvgIpc) is 2.28. The summed E-state index contributed by atoms with van der Waals surface area (Å²) in [5.41, 5.74) is 0.736. The number of carboxylic acid groups (broad SMARTS) is 1. The summed E-state index contributed by atoms with van der Waals surface area (Å²) in [5.74, 6) is -1.59. The third-order valence-corrected chi connectivity index (χ3v) is 4.48. The first kappa shape index (κ1) is 12.7. The molecule has 1 aromatic rings. The highest BCUT2D eigenvalue weighted by atomic mass is 35.5. The Bertz CT molecular complexity index is 504. The molecule has 0 aliphatic carbocycles. The van der Waals surface area contributed by atoms with Crippen LogP contribution in [-0.2, 0) is 14.6 Å². The van der Waals surface area contributed by atoms with Crippen molar-refractivity contribution in [3.05, 3.63) is 36.4 Å². The van der Waals surface area contributed by atoms with E-state index >= 15 is 0 Å². The van der Waals surface area contributed by atoms with E-state index in [0.29, 0.717) is 0 Å². The van der Waals surface area contributed by atoms with Crippen LogP contribution in [0.5, 0.6) is 0 Å². The summed E-state index contributed by atoms with van der Waals surface area (Å²) >= 11 is 5.31. The first-order valence-electron chi connectivity index (χ1n) is 4.23. The van der Waals surface area contributed by atoms with Crippen molar-refractivity contribution in [1.29, 1.82) is 0 Å². The summed E-state index contributed by atoms with van der Waals surface area (Å²) < 4.78 is 21.3. The molecule has 0 saturated heterocycles. The van der Waals surface area contributed by atoms with Gasteiger partial charge in [-0.3, -0.25) is 0 Å². The SMILES string of the molecule is C=Cc1ccc(S(=O)(=O)C(Cl)C(=O)O)cc1. The lowest BCUT2D eigenvalue weighted by Crippen LogP contribution is -2.24. The molecule has 0 heterocycles. The monoisotopic (exact) mass is 260 g/mol. The molecule has 0 aliphatic heterocycles. The molecule has 0 bridgehead atoms. The highest BCUT2D eigenvalue weighted by molar-refractivity contribution is 7.94. The van der Waals surface area contributed by atoms with E-state index in [0.717, 1.165) is 5.56 Å². The third-order valence-electron chi connectivity index (χ3n) is 1.91. The molecule has 0 radical (unpaired) electrons. The van der Waals surface area contributed by atoms with Gasteiger partial charge in [0.15, 0.2) is 0 Å². The molecule has 0 amide bonds. The standard InChI is InChI=1S/C10H9ClO4S/c1-2-7-3-5-8(6-4-7)16(14,15)9(11)10(12)13/h2-6,9H,1H2,(H,12,13). The van der Waals surface area contributed by atoms with Crippen molar-refractivity contribution in [3.63, 3.8) is 0 Å². The average molecular weight is 261 g/mol. The molecule has 1 rings (SSSR count). The minimum absolute atomic E-state index is 0.125. The summed E-state index contributed by atoms with van der Waals surface area (Å²) in [5, 5.41) is 8.55. The van der Waals surface area contributed by atoms with Crippen LogP contribution in [0, 0.1) is 0 Å². The van der Waals surface area contributed by atoms with Gasteiger partial charge in [-0.15, -0.1) is 0 Å². The Balaban J connectivity index is 3.17. The Morgan fingerprint density at radius 1 is 1.38 bits per heavy atom. The van der Waals surface area contributed by atoms with Crippen LogP contribution in [-0.4, -0.2) is 24.2 Å². The molecule has 1 aromatic carbocycles. The van der Waals surface area contributed by atoms with E-state index in [1.54, 1.807) is 6.08 Å². The zero-order valence-electron chi connectivity index (χ0n) is 8.13. The first-order valence-corrected chi connectivity index (χ1v) is 6.21. The minimum atomic E-state index is -4.03. The van der Waals surface area contributed by atoms with Crippen molar-refractivity contribution in [2.24, 2.45) is 0 Å². The van der Waals surface area contributed by atoms with Crippen LogP contribution >= 0.6 is 11.6 Å². The summed E-state index contributed by atoms with van der Waals surface area (Å²) in [6.45, 7) is 3.52. The molecule has 1 N–H and O–H groups in total. The Morgan fingerprint density at radius 2 is 1.88 bits per heavy atom. The predicted molar refractivity (Wildman–Crippen MR) is 61.0 cm³/mol. The molecule has 1 atom stereocenters. The molecule has 0 saturated carbocycles. The van der Waals surface area contributed by atoms with Gasteiger partial charge in [0.1, 0.15) is 0 Å². The summed E-state index contributed by atoms with van der Waals surface area (Å²) in [6, 6.07) is 5.63. The van der Waals surface area contributed by atoms with E-state index in [1.807, 2.05) is 0 Å². The van der Waals surface area contributed by atoms with Crippen LogP contribution in [0.2, 0.25) is 0 Å². The van der Waals surface area contributed by atoms with Crippen molar-refractivity contribution in [3.8, 4) is 0 Å². The maximum absolute atomic E-state index is 11.6. The quantitative estimate of drug-likeness (QED) is 0.838. The molecular formula is C10H9ClO4S. The van der Waals surface area contributed by atoms with Crippen molar-refractivity contribution in [2.45, 2.75) is 9.60 Å². The van der Waals surface area contributed by atoms with Crippen molar-refractivity contribution in [1.82, 2.24) is 0 Å². The van der Waals surface area contributed by atoms with Gasteiger partial charge in [0.25, 0.3) is 0 Å². The number of rotatable bonds is 4. The van der Waals surface area contributed by atoms with E-state index in [9.17, 15) is 13.2 Å².